The Labute approximate surface area is 164 Å². The van der Waals surface area contributed by atoms with Crippen molar-refractivity contribution in [1.82, 2.24) is 10.2 Å². The van der Waals surface area contributed by atoms with Crippen LogP contribution in [0.25, 0.3) is 0 Å². The largest absolute Gasteiger partial charge is 0.345 e. The van der Waals surface area contributed by atoms with Gasteiger partial charge in [0.1, 0.15) is 11.7 Å². The van der Waals surface area contributed by atoms with Crippen molar-refractivity contribution in [3.63, 3.8) is 0 Å². The van der Waals surface area contributed by atoms with Gasteiger partial charge in [-0.25, -0.2) is 12.8 Å². The van der Waals surface area contributed by atoms with Crippen LogP contribution < -0.4 is 5.32 Å². The van der Waals surface area contributed by atoms with Crippen molar-refractivity contribution in [3.8, 4) is 0 Å². The molecule has 1 amide bonds. The molecule has 6 nitrogen and oxygen atoms in total. The van der Waals surface area contributed by atoms with E-state index >= 15 is 0 Å². The summed E-state index contributed by atoms with van der Waals surface area (Å²) in [7, 11) is -3.44. The Morgan fingerprint density at radius 2 is 1.93 bits per heavy atom. The Kier molecular flexibility index (Phi) is 5.43. The number of benzene rings is 1. The first-order valence-electron chi connectivity index (χ1n) is 9.08. The van der Waals surface area contributed by atoms with E-state index in [1.807, 2.05) is 0 Å². The van der Waals surface area contributed by atoms with Gasteiger partial charge in [-0.05, 0) is 41.7 Å². The molecule has 8 heteroatoms. The van der Waals surface area contributed by atoms with Gasteiger partial charge >= 0.3 is 0 Å². The quantitative estimate of drug-likeness (QED) is 0.835. The average Bonchev–Trinajstić information content (AvgIpc) is 2.59. The minimum atomic E-state index is -3.44. The predicted octanol–water partition coefficient (Wildman–Crippen LogP) is 2.92. The number of amides is 1. The van der Waals surface area contributed by atoms with Crippen LogP contribution in [0.5, 0.6) is 0 Å². The number of hydrogen-bond acceptors (Lipinski definition) is 4. The fourth-order valence-corrected chi connectivity index (χ4v) is 4.11. The van der Waals surface area contributed by atoms with E-state index in [1.165, 1.54) is 18.2 Å². The molecule has 1 aromatic carbocycles. The third-order valence-corrected chi connectivity index (χ3v) is 5.64. The Bertz CT molecular complexity index is 957. The van der Waals surface area contributed by atoms with Crippen molar-refractivity contribution in [2.24, 2.45) is 9.81 Å². The fourth-order valence-electron chi connectivity index (χ4n) is 3.14. The van der Waals surface area contributed by atoms with Crippen LogP contribution in [0, 0.1) is 11.2 Å². The van der Waals surface area contributed by atoms with Gasteiger partial charge in [-0.15, -0.1) is 4.40 Å². The van der Waals surface area contributed by atoms with Crippen molar-refractivity contribution in [2.45, 2.75) is 33.2 Å². The van der Waals surface area contributed by atoms with E-state index in [2.05, 4.69) is 30.5 Å². The van der Waals surface area contributed by atoms with Gasteiger partial charge in [0, 0.05) is 12.7 Å². The highest BCUT2D eigenvalue weighted by molar-refractivity contribution is 7.90. The standard InChI is InChI=1S/C20H24FN3O3S/c1-20(2,3)12-17(14-4-7-16(21)8-5-14)22-19(25)15-6-9-18-23-28(26,27)11-10-24(18)13-15/h4-9,13,17H,10-12H2,1-3H3,(H,22,25). The normalized spacial score (nSPS) is 19.4. The van der Waals surface area contributed by atoms with Crippen LogP contribution in [0.4, 0.5) is 4.39 Å². The lowest BCUT2D eigenvalue weighted by atomic mass is 9.85. The molecule has 0 saturated carbocycles. The molecule has 3 rings (SSSR count). The summed E-state index contributed by atoms with van der Waals surface area (Å²) in [5.74, 6) is -0.373. The SMILES string of the molecule is CC(C)(C)CC(NC(=O)C1=CN2CCS(=O)(=O)N=C2C=C1)c1ccc(F)cc1. The minimum absolute atomic E-state index is 0.0514. The number of carbonyl (C=O) groups is 1. The highest BCUT2D eigenvalue weighted by Crippen LogP contribution is 2.30. The van der Waals surface area contributed by atoms with Gasteiger partial charge in [-0.1, -0.05) is 32.9 Å². The van der Waals surface area contributed by atoms with Gasteiger partial charge in [-0.3, -0.25) is 4.79 Å². The smallest absolute Gasteiger partial charge is 0.256 e. The molecule has 0 fully saturated rings. The summed E-state index contributed by atoms with van der Waals surface area (Å²) in [5, 5.41) is 3.03. The summed E-state index contributed by atoms with van der Waals surface area (Å²) >= 11 is 0. The molecule has 150 valence electrons. The van der Waals surface area contributed by atoms with E-state index in [-0.39, 0.29) is 35.5 Å². The van der Waals surface area contributed by atoms with Crippen molar-refractivity contribution in [2.75, 3.05) is 12.3 Å². The third-order valence-electron chi connectivity index (χ3n) is 4.48. The molecule has 0 spiro atoms. The summed E-state index contributed by atoms with van der Waals surface area (Å²) < 4.78 is 40.2. The summed E-state index contributed by atoms with van der Waals surface area (Å²) in [6.07, 6.45) is 5.38. The lowest BCUT2D eigenvalue weighted by Crippen LogP contribution is -2.38. The van der Waals surface area contributed by atoms with Crippen LogP contribution in [0.1, 0.15) is 38.8 Å². The molecule has 1 aromatic rings. The van der Waals surface area contributed by atoms with Crippen molar-refractivity contribution in [1.29, 1.82) is 0 Å². The first-order valence-corrected chi connectivity index (χ1v) is 10.7. The number of halogens is 1. The Morgan fingerprint density at radius 3 is 2.57 bits per heavy atom. The molecule has 0 radical (unpaired) electrons. The third kappa shape index (κ3) is 5.07. The summed E-state index contributed by atoms with van der Waals surface area (Å²) in [6, 6.07) is 5.84. The number of hydrogen-bond donors (Lipinski definition) is 1. The Hall–Kier alpha value is -2.48. The molecule has 0 aliphatic carbocycles. The number of nitrogens with zero attached hydrogens (tertiary/aromatic N) is 2. The zero-order chi connectivity index (χ0) is 20.5. The molecule has 2 aliphatic rings. The maximum atomic E-state index is 13.3. The van der Waals surface area contributed by atoms with E-state index in [9.17, 15) is 17.6 Å². The lowest BCUT2D eigenvalue weighted by molar-refractivity contribution is -0.118. The van der Waals surface area contributed by atoms with Crippen LogP contribution in [0.3, 0.4) is 0 Å². The maximum absolute atomic E-state index is 13.3. The zero-order valence-electron chi connectivity index (χ0n) is 16.1. The molecule has 0 aromatic heterocycles. The van der Waals surface area contributed by atoms with Crippen LogP contribution in [0.15, 0.2) is 52.6 Å². The number of sulfonamides is 1. The van der Waals surface area contributed by atoms with E-state index in [0.717, 1.165) is 5.56 Å². The van der Waals surface area contributed by atoms with Crippen molar-refractivity contribution >= 4 is 21.8 Å². The molecule has 2 heterocycles. The van der Waals surface area contributed by atoms with Gasteiger partial charge in [0.2, 0.25) is 0 Å². The molecule has 28 heavy (non-hydrogen) atoms. The Morgan fingerprint density at radius 1 is 1.25 bits per heavy atom. The highest BCUT2D eigenvalue weighted by Gasteiger charge is 2.27. The molecule has 1 unspecified atom stereocenters. The van der Waals surface area contributed by atoms with Gasteiger partial charge < -0.3 is 10.2 Å². The van der Waals surface area contributed by atoms with Gasteiger partial charge in [0.05, 0.1) is 17.4 Å². The molecular weight excluding hydrogens is 381 g/mol. The fraction of sp³-hybridized carbons (Fsp3) is 0.400. The van der Waals surface area contributed by atoms with Gasteiger partial charge in [0.15, 0.2) is 0 Å². The molecule has 0 bridgehead atoms. The summed E-state index contributed by atoms with van der Waals surface area (Å²) in [4.78, 5) is 14.5. The van der Waals surface area contributed by atoms with Crippen LogP contribution >= 0.6 is 0 Å². The lowest BCUT2D eigenvalue weighted by Gasteiger charge is -2.29. The molecule has 1 N–H and O–H groups in total. The second-order valence-electron chi connectivity index (χ2n) is 8.19. The summed E-state index contributed by atoms with van der Waals surface area (Å²) in [5.41, 5.74) is 1.19. The van der Waals surface area contributed by atoms with E-state index in [4.69, 9.17) is 0 Å². The number of nitrogens with one attached hydrogen (secondary N) is 1. The topological polar surface area (TPSA) is 78.8 Å². The average molecular weight is 405 g/mol. The van der Waals surface area contributed by atoms with Crippen molar-refractivity contribution < 1.29 is 17.6 Å². The predicted molar refractivity (Wildman–Crippen MR) is 107 cm³/mol. The van der Waals surface area contributed by atoms with E-state index in [0.29, 0.717) is 17.8 Å². The van der Waals surface area contributed by atoms with Crippen LogP contribution in [0.2, 0.25) is 0 Å². The second-order valence-corrected chi connectivity index (χ2v) is 9.94. The number of carbonyl (C=O) groups excluding carboxylic acids is 1. The maximum Gasteiger partial charge on any atom is 0.256 e. The number of rotatable bonds is 4. The minimum Gasteiger partial charge on any atom is -0.345 e. The first kappa shape index (κ1) is 20.3. The van der Waals surface area contributed by atoms with Crippen LogP contribution in [-0.2, 0) is 14.8 Å². The van der Waals surface area contributed by atoms with Crippen LogP contribution in [-0.4, -0.2) is 37.4 Å². The first-order chi connectivity index (χ1) is 13.0. The summed E-state index contributed by atoms with van der Waals surface area (Å²) in [6.45, 7) is 6.48. The number of fused-ring (bicyclic) bond motifs is 1. The Balaban J connectivity index is 1.80. The molecule has 2 aliphatic heterocycles. The van der Waals surface area contributed by atoms with Gasteiger partial charge in [0.25, 0.3) is 15.9 Å². The highest BCUT2D eigenvalue weighted by atomic mass is 32.2. The zero-order valence-corrected chi connectivity index (χ0v) is 17.0. The molecular formula is C20H24FN3O3S. The van der Waals surface area contributed by atoms with E-state index < -0.39 is 10.0 Å². The van der Waals surface area contributed by atoms with Gasteiger partial charge in [-0.2, -0.15) is 0 Å². The molecule has 1 atom stereocenters. The monoisotopic (exact) mass is 405 g/mol. The second kappa shape index (κ2) is 7.50. The van der Waals surface area contributed by atoms with Crippen molar-refractivity contribution in [3.05, 3.63) is 59.6 Å². The van der Waals surface area contributed by atoms with E-state index in [1.54, 1.807) is 29.3 Å². The number of amidine groups is 1. The molecule has 0 saturated heterocycles.